The molecule has 0 radical (unpaired) electrons. The van der Waals surface area contributed by atoms with Crippen molar-refractivity contribution in [3.63, 3.8) is 0 Å². The number of methoxy groups -OCH3 is 1. The van der Waals surface area contributed by atoms with Crippen LogP contribution in [0.25, 0.3) is 0 Å². The van der Waals surface area contributed by atoms with Gasteiger partial charge in [0.25, 0.3) is 0 Å². The molecule has 0 aromatic carbocycles. The highest BCUT2D eigenvalue weighted by Crippen LogP contribution is 2.22. The molecule has 0 saturated carbocycles. The SMILES string of the molecule is COC(=O)c1coc(CN2CCC[C@@](O)(CO)CC2)n1. The molecule has 1 saturated heterocycles. The van der Waals surface area contributed by atoms with Gasteiger partial charge in [0.1, 0.15) is 6.26 Å². The molecule has 1 aromatic rings. The van der Waals surface area contributed by atoms with Gasteiger partial charge in [0.2, 0.25) is 5.89 Å². The molecule has 0 aliphatic carbocycles. The molecule has 1 atom stereocenters. The summed E-state index contributed by atoms with van der Waals surface area (Å²) in [6.07, 6.45) is 3.16. The third kappa shape index (κ3) is 3.56. The molecule has 0 spiro atoms. The first kappa shape index (κ1) is 15.0. The quantitative estimate of drug-likeness (QED) is 0.761. The maximum Gasteiger partial charge on any atom is 0.360 e. The van der Waals surface area contributed by atoms with Gasteiger partial charge in [-0.25, -0.2) is 9.78 Å². The summed E-state index contributed by atoms with van der Waals surface area (Å²) in [7, 11) is 1.29. The third-order valence-corrected chi connectivity index (χ3v) is 3.61. The summed E-state index contributed by atoms with van der Waals surface area (Å²) in [5.41, 5.74) is -0.827. The Morgan fingerprint density at radius 1 is 1.55 bits per heavy atom. The molecule has 1 fully saturated rings. The van der Waals surface area contributed by atoms with Gasteiger partial charge < -0.3 is 19.4 Å². The number of likely N-dealkylation sites (tertiary alicyclic amines) is 1. The van der Waals surface area contributed by atoms with Crippen LogP contribution in [-0.2, 0) is 11.3 Å². The van der Waals surface area contributed by atoms with E-state index in [9.17, 15) is 15.0 Å². The highest BCUT2D eigenvalue weighted by molar-refractivity contribution is 5.86. The molecule has 7 heteroatoms. The minimum Gasteiger partial charge on any atom is -0.464 e. The fourth-order valence-electron chi connectivity index (χ4n) is 2.32. The predicted octanol–water partition coefficient (Wildman–Crippen LogP) is 0.170. The Kier molecular flexibility index (Phi) is 4.74. The smallest absolute Gasteiger partial charge is 0.360 e. The normalized spacial score (nSPS) is 24.4. The zero-order valence-corrected chi connectivity index (χ0v) is 11.5. The van der Waals surface area contributed by atoms with E-state index in [0.29, 0.717) is 31.8 Å². The summed E-state index contributed by atoms with van der Waals surface area (Å²) in [5, 5.41) is 19.3. The van der Waals surface area contributed by atoms with Gasteiger partial charge in [0, 0.05) is 6.54 Å². The summed E-state index contributed by atoms with van der Waals surface area (Å²) in [6, 6.07) is 0. The van der Waals surface area contributed by atoms with E-state index in [4.69, 9.17) is 4.42 Å². The Hall–Kier alpha value is -1.44. The molecule has 2 heterocycles. The standard InChI is InChI=1S/C13H20N2O5/c1-19-12(17)10-8-20-11(14-10)7-15-5-2-3-13(18,9-16)4-6-15/h8,16,18H,2-7,9H2,1H3/t13-/m0/s1. The largest absolute Gasteiger partial charge is 0.464 e. The van der Waals surface area contributed by atoms with Crippen LogP contribution in [0.2, 0.25) is 0 Å². The highest BCUT2D eigenvalue weighted by Gasteiger charge is 2.29. The third-order valence-electron chi connectivity index (χ3n) is 3.61. The van der Waals surface area contributed by atoms with E-state index in [2.05, 4.69) is 14.6 Å². The van der Waals surface area contributed by atoms with Gasteiger partial charge >= 0.3 is 5.97 Å². The fourth-order valence-corrected chi connectivity index (χ4v) is 2.32. The van der Waals surface area contributed by atoms with Crippen molar-refractivity contribution in [2.45, 2.75) is 31.4 Å². The van der Waals surface area contributed by atoms with Crippen molar-refractivity contribution in [3.05, 3.63) is 17.8 Å². The van der Waals surface area contributed by atoms with Crippen LogP contribution >= 0.6 is 0 Å². The zero-order valence-electron chi connectivity index (χ0n) is 11.5. The van der Waals surface area contributed by atoms with Crippen molar-refractivity contribution in [2.24, 2.45) is 0 Å². The van der Waals surface area contributed by atoms with Crippen LogP contribution in [-0.4, -0.2) is 58.5 Å². The van der Waals surface area contributed by atoms with Crippen molar-refractivity contribution in [3.8, 4) is 0 Å². The van der Waals surface area contributed by atoms with Crippen molar-refractivity contribution in [1.29, 1.82) is 0 Å². The van der Waals surface area contributed by atoms with E-state index >= 15 is 0 Å². The molecule has 1 aliphatic heterocycles. The van der Waals surface area contributed by atoms with E-state index in [1.54, 1.807) is 0 Å². The lowest BCUT2D eigenvalue weighted by Gasteiger charge is -2.23. The molecule has 0 bridgehead atoms. The minimum atomic E-state index is -0.984. The first-order valence-corrected chi connectivity index (χ1v) is 6.64. The fraction of sp³-hybridized carbons (Fsp3) is 0.692. The second kappa shape index (κ2) is 6.34. The predicted molar refractivity (Wildman–Crippen MR) is 69.0 cm³/mol. The van der Waals surface area contributed by atoms with Crippen molar-refractivity contribution in [2.75, 3.05) is 26.8 Å². The molecule has 1 aliphatic rings. The van der Waals surface area contributed by atoms with E-state index in [1.165, 1.54) is 13.4 Å². The lowest BCUT2D eigenvalue weighted by Crippen LogP contribution is -2.34. The Balaban J connectivity index is 1.93. The molecule has 2 N–H and O–H groups in total. The van der Waals surface area contributed by atoms with Crippen LogP contribution in [0.5, 0.6) is 0 Å². The average molecular weight is 284 g/mol. The average Bonchev–Trinajstić information content (AvgIpc) is 2.84. The Bertz CT molecular complexity index is 461. The van der Waals surface area contributed by atoms with Crippen LogP contribution in [0.4, 0.5) is 0 Å². The topological polar surface area (TPSA) is 96.0 Å². The van der Waals surface area contributed by atoms with Gasteiger partial charge in [-0.3, -0.25) is 4.90 Å². The Morgan fingerprint density at radius 3 is 3.05 bits per heavy atom. The van der Waals surface area contributed by atoms with Gasteiger partial charge in [-0.05, 0) is 25.8 Å². The number of oxazole rings is 1. The molecular formula is C13H20N2O5. The van der Waals surface area contributed by atoms with Crippen LogP contribution in [0.1, 0.15) is 35.6 Å². The Labute approximate surface area is 117 Å². The summed E-state index contributed by atoms with van der Waals surface area (Å²) in [5.74, 6) is -0.0784. The van der Waals surface area contributed by atoms with Crippen molar-refractivity contribution >= 4 is 5.97 Å². The zero-order chi connectivity index (χ0) is 14.6. The number of aliphatic hydroxyl groups is 2. The molecule has 0 unspecified atom stereocenters. The monoisotopic (exact) mass is 284 g/mol. The number of carbonyl (C=O) groups excluding carboxylic acids is 1. The number of hydrogen-bond donors (Lipinski definition) is 2. The van der Waals surface area contributed by atoms with Crippen LogP contribution in [0.15, 0.2) is 10.7 Å². The van der Waals surface area contributed by atoms with Gasteiger partial charge in [0.15, 0.2) is 5.69 Å². The Morgan fingerprint density at radius 2 is 2.35 bits per heavy atom. The van der Waals surface area contributed by atoms with E-state index in [1.807, 2.05) is 0 Å². The second-order valence-electron chi connectivity index (χ2n) is 5.13. The number of rotatable bonds is 4. The lowest BCUT2D eigenvalue weighted by molar-refractivity contribution is -0.0256. The molecule has 7 nitrogen and oxygen atoms in total. The van der Waals surface area contributed by atoms with Gasteiger partial charge in [-0.1, -0.05) is 0 Å². The van der Waals surface area contributed by atoms with Crippen LogP contribution in [0, 0.1) is 0 Å². The number of hydrogen-bond acceptors (Lipinski definition) is 7. The maximum absolute atomic E-state index is 11.3. The van der Waals surface area contributed by atoms with Crippen molar-refractivity contribution in [1.82, 2.24) is 9.88 Å². The lowest BCUT2D eigenvalue weighted by atomic mass is 9.96. The summed E-state index contributed by atoms with van der Waals surface area (Å²) < 4.78 is 9.81. The van der Waals surface area contributed by atoms with Gasteiger partial charge in [-0.2, -0.15) is 0 Å². The molecule has 1 aromatic heterocycles. The van der Waals surface area contributed by atoms with Gasteiger partial charge in [-0.15, -0.1) is 0 Å². The molecular weight excluding hydrogens is 264 g/mol. The molecule has 20 heavy (non-hydrogen) atoms. The molecule has 0 amide bonds. The number of aliphatic hydroxyl groups excluding tert-OH is 1. The van der Waals surface area contributed by atoms with E-state index in [0.717, 1.165) is 13.0 Å². The first-order valence-electron chi connectivity index (χ1n) is 6.64. The minimum absolute atomic E-state index is 0.157. The van der Waals surface area contributed by atoms with Gasteiger partial charge in [0.05, 0.1) is 25.9 Å². The van der Waals surface area contributed by atoms with Crippen LogP contribution in [0.3, 0.4) is 0 Å². The number of ether oxygens (including phenoxy) is 1. The van der Waals surface area contributed by atoms with Crippen LogP contribution < -0.4 is 0 Å². The number of esters is 1. The summed E-state index contributed by atoms with van der Waals surface area (Å²) in [6.45, 7) is 1.69. The maximum atomic E-state index is 11.3. The number of carbonyl (C=O) groups is 1. The molecule has 2 rings (SSSR count). The molecule has 112 valence electrons. The number of aromatic nitrogens is 1. The highest BCUT2D eigenvalue weighted by atomic mass is 16.5. The van der Waals surface area contributed by atoms with E-state index in [-0.39, 0.29) is 12.3 Å². The first-order chi connectivity index (χ1) is 9.56. The second-order valence-corrected chi connectivity index (χ2v) is 5.13. The van der Waals surface area contributed by atoms with E-state index < -0.39 is 11.6 Å². The number of nitrogens with zero attached hydrogens (tertiary/aromatic N) is 2. The van der Waals surface area contributed by atoms with Crippen molar-refractivity contribution < 1.29 is 24.2 Å². The summed E-state index contributed by atoms with van der Waals surface area (Å²) >= 11 is 0. The summed E-state index contributed by atoms with van der Waals surface area (Å²) in [4.78, 5) is 17.4.